The van der Waals surface area contributed by atoms with Crippen molar-refractivity contribution in [2.45, 2.75) is 26.9 Å². The molecule has 27 heavy (non-hydrogen) atoms. The number of para-hydroxylation sites is 1. The fourth-order valence-corrected chi connectivity index (χ4v) is 2.22. The molecular weight excluding hydrogens is 368 g/mol. The van der Waals surface area contributed by atoms with Crippen LogP contribution in [0, 0.1) is 5.92 Å². The zero-order valence-electron chi connectivity index (χ0n) is 15.5. The number of benzene rings is 2. The highest BCUT2D eigenvalue weighted by atomic mass is 35.5. The minimum atomic E-state index is -0.836. The number of ether oxygens (including phenoxy) is 2. The quantitative estimate of drug-likeness (QED) is 0.708. The van der Waals surface area contributed by atoms with Crippen molar-refractivity contribution in [2.24, 2.45) is 5.92 Å². The molecule has 0 heterocycles. The first kappa shape index (κ1) is 20.6. The molecule has 0 bridgehead atoms. The van der Waals surface area contributed by atoms with Gasteiger partial charge in [-0.15, -0.1) is 0 Å². The van der Waals surface area contributed by atoms with Crippen LogP contribution in [0.5, 0.6) is 11.5 Å². The Balaban J connectivity index is 1.83. The summed E-state index contributed by atoms with van der Waals surface area (Å²) in [7, 11) is 0. The van der Waals surface area contributed by atoms with Gasteiger partial charge in [0.1, 0.15) is 11.5 Å². The molecule has 0 aliphatic heterocycles. The second kappa shape index (κ2) is 9.83. The smallest absolute Gasteiger partial charge is 0.279 e. The number of amides is 2. The molecule has 0 aromatic heterocycles. The summed E-state index contributed by atoms with van der Waals surface area (Å²) in [5.41, 5.74) is 5.09. The lowest BCUT2D eigenvalue weighted by Gasteiger charge is -2.16. The van der Waals surface area contributed by atoms with Crippen LogP contribution in [0.3, 0.4) is 0 Å². The number of rotatable bonds is 7. The zero-order valence-corrected chi connectivity index (χ0v) is 16.2. The summed E-state index contributed by atoms with van der Waals surface area (Å²) < 4.78 is 11.1. The van der Waals surface area contributed by atoms with Crippen LogP contribution in [0.1, 0.15) is 31.1 Å². The molecule has 1 unspecified atom stereocenters. The number of halogens is 1. The molecule has 1 atom stereocenters. The monoisotopic (exact) mass is 390 g/mol. The van der Waals surface area contributed by atoms with E-state index in [0.717, 1.165) is 0 Å². The van der Waals surface area contributed by atoms with Gasteiger partial charge >= 0.3 is 0 Å². The van der Waals surface area contributed by atoms with Crippen molar-refractivity contribution >= 4 is 23.4 Å². The van der Waals surface area contributed by atoms with Gasteiger partial charge in [-0.05, 0) is 49.2 Å². The minimum Gasteiger partial charge on any atom is -0.493 e. The molecule has 0 fully saturated rings. The van der Waals surface area contributed by atoms with E-state index >= 15 is 0 Å². The highest BCUT2D eigenvalue weighted by molar-refractivity contribution is 6.32. The van der Waals surface area contributed by atoms with Crippen molar-refractivity contribution in [3.8, 4) is 11.5 Å². The predicted octanol–water partition coefficient (Wildman–Crippen LogP) is 3.60. The molecule has 0 saturated carbocycles. The molecule has 0 radical (unpaired) electrons. The first-order valence-electron chi connectivity index (χ1n) is 8.61. The second-order valence-electron chi connectivity index (χ2n) is 6.36. The zero-order chi connectivity index (χ0) is 19.8. The maximum atomic E-state index is 12.1. The number of hydrazine groups is 1. The highest BCUT2D eigenvalue weighted by Crippen LogP contribution is 2.24. The maximum absolute atomic E-state index is 12.1. The molecule has 0 aliphatic rings. The third-order valence-electron chi connectivity index (χ3n) is 3.51. The van der Waals surface area contributed by atoms with E-state index < -0.39 is 17.9 Å². The topological polar surface area (TPSA) is 76.7 Å². The van der Waals surface area contributed by atoms with Gasteiger partial charge in [0.25, 0.3) is 11.8 Å². The van der Waals surface area contributed by atoms with Gasteiger partial charge < -0.3 is 9.47 Å². The molecule has 2 N–H and O–H groups in total. The van der Waals surface area contributed by atoms with Crippen LogP contribution in [-0.2, 0) is 4.79 Å². The van der Waals surface area contributed by atoms with Crippen LogP contribution in [-0.4, -0.2) is 24.5 Å². The molecule has 144 valence electrons. The van der Waals surface area contributed by atoms with E-state index in [1.807, 2.05) is 0 Å². The molecular formula is C20H23ClN2O4. The van der Waals surface area contributed by atoms with E-state index in [2.05, 4.69) is 24.7 Å². The number of carbonyl (C=O) groups excluding carboxylic acids is 2. The summed E-state index contributed by atoms with van der Waals surface area (Å²) >= 11 is 6.00. The predicted molar refractivity (Wildman–Crippen MR) is 104 cm³/mol. The summed E-state index contributed by atoms with van der Waals surface area (Å²) in [5.74, 6) is 0.554. The van der Waals surface area contributed by atoms with E-state index in [9.17, 15) is 9.59 Å². The minimum absolute atomic E-state index is 0.394. The largest absolute Gasteiger partial charge is 0.493 e. The van der Waals surface area contributed by atoms with Gasteiger partial charge in [0.15, 0.2) is 6.10 Å². The van der Waals surface area contributed by atoms with Crippen LogP contribution in [0.2, 0.25) is 5.02 Å². The summed E-state index contributed by atoms with van der Waals surface area (Å²) in [6.07, 6.45) is -0.836. The number of hydrogen-bond donors (Lipinski definition) is 2. The van der Waals surface area contributed by atoms with Gasteiger partial charge in [-0.3, -0.25) is 20.4 Å². The molecule has 2 aromatic rings. The molecule has 7 heteroatoms. The molecule has 0 spiro atoms. The summed E-state index contributed by atoms with van der Waals surface area (Å²) in [4.78, 5) is 24.2. The lowest BCUT2D eigenvalue weighted by atomic mass is 10.2. The van der Waals surface area contributed by atoms with Crippen molar-refractivity contribution in [3.63, 3.8) is 0 Å². The van der Waals surface area contributed by atoms with Crippen LogP contribution < -0.4 is 20.3 Å². The van der Waals surface area contributed by atoms with Crippen molar-refractivity contribution < 1.29 is 19.1 Å². The van der Waals surface area contributed by atoms with Gasteiger partial charge in [-0.1, -0.05) is 37.6 Å². The molecule has 0 saturated heterocycles. The maximum Gasteiger partial charge on any atom is 0.279 e. The van der Waals surface area contributed by atoms with Crippen molar-refractivity contribution in [1.82, 2.24) is 10.9 Å². The Morgan fingerprint density at radius 3 is 2.30 bits per heavy atom. The number of hydrogen-bond acceptors (Lipinski definition) is 4. The lowest BCUT2D eigenvalue weighted by Crippen LogP contribution is -2.47. The third kappa shape index (κ3) is 6.49. The van der Waals surface area contributed by atoms with E-state index in [0.29, 0.717) is 34.6 Å². The summed E-state index contributed by atoms with van der Waals surface area (Å²) in [5, 5.41) is 0.404. The van der Waals surface area contributed by atoms with Crippen LogP contribution in [0.25, 0.3) is 0 Å². The molecule has 2 rings (SSSR count). The van der Waals surface area contributed by atoms with E-state index in [-0.39, 0.29) is 0 Å². The van der Waals surface area contributed by atoms with Crippen LogP contribution >= 0.6 is 11.6 Å². The third-order valence-corrected chi connectivity index (χ3v) is 3.82. The Labute approximate surface area is 163 Å². The Morgan fingerprint density at radius 1 is 1.00 bits per heavy atom. The normalized spacial score (nSPS) is 11.6. The van der Waals surface area contributed by atoms with Crippen molar-refractivity contribution in [3.05, 3.63) is 59.1 Å². The molecule has 2 aromatic carbocycles. The summed E-state index contributed by atoms with van der Waals surface area (Å²) in [6.45, 7) is 6.28. The standard InChI is InChI=1S/C20H23ClN2O4/c1-13(2)12-26-16-10-8-15(9-11-16)20(25)23-22-19(24)14(3)27-18-7-5-4-6-17(18)21/h4-11,13-14H,12H2,1-3H3,(H,22,24)(H,23,25). The summed E-state index contributed by atoms with van der Waals surface area (Å²) in [6, 6.07) is 13.5. The second-order valence-corrected chi connectivity index (χ2v) is 6.77. The average molecular weight is 391 g/mol. The van der Waals surface area contributed by atoms with Crippen molar-refractivity contribution in [1.29, 1.82) is 0 Å². The van der Waals surface area contributed by atoms with Gasteiger partial charge in [0, 0.05) is 5.56 Å². The fraction of sp³-hybridized carbons (Fsp3) is 0.300. The van der Waals surface area contributed by atoms with Crippen molar-refractivity contribution in [2.75, 3.05) is 6.61 Å². The van der Waals surface area contributed by atoms with Gasteiger partial charge in [-0.25, -0.2) is 0 Å². The first-order valence-corrected chi connectivity index (χ1v) is 8.99. The van der Waals surface area contributed by atoms with Gasteiger partial charge in [0.2, 0.25) is 0 Å². The Bertz CT molecular complexity index is 778. The highest BCUT2D eigenvalue weighted by Gasteiger charge is 2.17. The molecule has 0 aliphatic carbocycles. The van der Waals surface area contributed by atoms with E-state index in [1.165, 1.54) is 0 Å². The van der Waals surface area contributed by atoms with E-state index in [1.54, 1.807) is 55.5 Å². The van der Waals surface area contributed by atoms with Crippen LogP contribution in [0.15, 0.2) is 48.5 Å². The van der Waals surface area contributed by atoms with Gasteiger partial charge in [-0.2, -0.15) is 0 Å². The Hall–Kier alpha value is -2.73. The fourth-order valence-electron chi connectivity index (χ4n) is 2.04. The first-order chi connectivity index (χ1) is 12.9. The Morgan fingerprint density at radius 2 is 1.67 bits per heavy atom. The number of carbonyl (C=O) groups is 2. The Kier molecular flexibility index (Phi) is 7.49. The average Bonchev–Trinajstić information content (AvgIpc) is 2.66. The number of nitrogens with one attached hydrogen (secondary N) is 2. The van der Waals surface area contributed by atoms with Gasteiger partial charge in [0.05, 0.1) is 11.6 Å². The SMILES string of the molecule is CC(C)COc1ccc(C(=O)NNC(=O)C(C)Oc2ccccc2Cl)cc1. The molecule has 6 nitrogen and oxygen atoms in total. The van der Waals surface area contributed by atoms with Crippen LogP contribution in [0.4, 0.5) is 0 Å². The molecule has 2 amide bonds. The lowest BCUT2D eigenvalue weighted by molar-refractivity contribution is -0.128. The van der Waals surface area contributed by atoms with E-state index in [4.69, 9.17) is 21.1 Å².